The summed E-state index contributed by atoms with van der Waals surface area (Å²) < 4.78 is 24.6. The Morgan fingerprint density at radius 1 is 1.30 bits per heavy atom. The number of hydrogen-bond donors (Lipinski definition) is 0. The van der Waals surface area contributed by atoms with Crippen LogP contribution in [0.1, 0.15) is 32.1 Å². The summed E-state index contributed by atoms with van der Waals surface area (Å²) in [5.41, 5.74) is -0.147. The normalized spacial score (nSPS) is 24.3. The van der Waals surface area contributed by atoms with Crippen molar-refractivity contribution >= 4 is 11.9 Å². The second-order valence-electron chi connectivity index (χ2n) is 7.88. The van der Waals surface area contributed by atoms with Gasteiger partial charge in [0.1, 0.15) is 12.2 Å². The van der Waals surface area contributed by atoms with E-state index in [0.29, 0.717) is 18.5 Å². The standard InChI is InChI=1S/C19H27FN4O3/c20-16-10-21-18(22-11-16)24-13-19(14-24)9-15(4-8-27-19)3-7-26-12-17(25)23-5-1-2-6-23/h10-11,15H,1-9,12-14H2/t15-/m0/s1. The molecule has 3 saturated heterocycles. The van der Waals surface area contributed by atoms with E-state index in [-0.39, 0.29) is 18.1 Å². The van der Waals surface area contributed by atoms with Crippen LogP contribution < -0.4 is 4.90 Å². The van der Waals surface area contributed by atoms with Crippen LogP contribution in [0.4, 0.5) is 10.3 Å². The summed E-state index contributed by atoms with van der Waals surface area (Å²) in [6.07, 6.45) is 7.56. The number of halogens is 1. The van der Waals surface area contributed by atoms with Gasteiger partial charge in [0.25, 0.3) is 0 Å². The Labute approximate surface area is 158 Å². The number of rotatable bonds is 6. The summed E-state index contributed by atoms with van der Waals surface area (Å²) in [5.74, 6) is 0.782. The van der Waals surface area contributed by atoms with E-state index in [9.17, 15) is 9.18 Å². The van der Waals surface area contributed by atoms with Crippen LogP contribution in [0.5, 0.6) is 0 Å². The molecule has 0 bridgehead atoms. The van der Waals surface area contributed by atoms with E-state index in [1.807, 2.05) is 9.80 Å². The first-order chi connectivity index (χ1) is 13.1. The van der Waals surface area contributed by atoms with Crippen molar-refractivity contribution < 1.29 is 18.7 Å². The van der Waals surface area contributed by atoms with E-state index in [1.165, 1.54) is 12.4 Å². The molecule has 3 aliphatic rings. The van der Waals surface area contributed by atoms with Crippen molar-refractivity contribution in [3.8, 4) is 0 Å². The number of ether oxygens (including phenoxy) is 2. The molecule has 1 amide bonds. The highest BCUT2D eigenvalue weighted by atomic mass is 19.1. The molecule has 4 heterocycles. The number of carbonyl (C=O) groups is 1. The van der Waals surface area contributed by atoms with Crippen LogP contribution in [0.2, 0.25) is 0 Å². The molecule has 1 spiro atoms. The van der Waals surface area contributed by atoms with Gasteiger partial charge in [0.05, 0.1) is 25.5 Å². The molecule has 8 heteroatoms. The van der Waals surface area contributed by atoms with Crippen LogP contribution in [0.15, 0.2) is 12.4 Å². The number of nitrogens with zero attached hydrogens (tertiary/aromatic N) is 4. The van der Waals surface area contributed by atoms with E-state index in [2.05, 4.69) is 9.97 Å². The van der Waals surface area contributed by atoms with Crippen LogP contribution in [0.25, 0.3) is 0 Å². The largest absolute Gasteiger partial charge is 0.372 e. The van der Waals surface area contributed by atoms with E-state index >= 15 is 0 Å². The third-order valence-corrected chi connectivity index (χ3v) is 5.80. The zero-order valence-corrected chi connectivity index (χ0v) is 15.6. The first kappa shape index (κ1) is 18.6. The van der Waals surface area contributed by atoms with Crippen molar-refractivity contribution in [3.05, 3.63) is 18.2 Å². The lowest BCUT2D eigenvalue weighted by molar-refractivity contribution is -0.136. The lowest BCUT2D eigenvalue weighted by Gasteiger charge is -2.53. The van der Waals surface area contributed by atoms with Gasteiger partial charge in [-0.3, -0.25) is 4.79 Å². The summed E-state index contributed by atoms with van der Waals surface area (Å²) in [5, 5.41) is 0. The summed E-state index contributed by atoms with van der Waals surface area (Å²) >= 11 is 0. The first-order valence-corrected chi connectivity index (χ1v) is 9.86. The number of hydrogen-bond acceptors (Lipinski definition) is 6. The number of carbonyl (C=O) groups excluding carboxylic acids is 1. The molecule has 3 aliphatic heterocycles. The van der Waals surface area contributed by atoms with Crippen LogP contribution in [0, 0.1) is 11.7 Å². The van der Waals surface area contributed by atoms with Crippen molar-refractivity contribution in [2.45, 2.75) is 37.7 Å². The van der Waals surface area contributed by atoms with Gasteiger partial charge in [-0.15, -0.1) is 0 Å². The molecule has 1 aromatic rings. The first-order valence-electron chi connectivity index (χ1n) is 9.86. The Balaban J connectivity index is 1.18. The maximum absolute atomic E-state index is 13.0. The quantitative estimate of drug-likeness (QED) is 0.701. The lowest BCUT2D eigenvalue weighted by Crippen LogP contribution is -2.66. The van der Waals surface area contributed by atoms with E-state index in [0.717, 1.165) is 64.9 Å². The van der Waals surface area contributed by atoms with Gasteiger partial charge in [-0.05, 0) is 38.0 Å². The van der Waals surface area contributed by atoms with Gasteiger partial charge in [-0.2, -0.15) is 0 Å². The molecule has 0 unspecified atom stereocenters. The lowest BCUT2D eigenvalue weighted by atomic mass is 9.79. The maximum Gasteiger partial charge on any atom is 0.248 e. The van der Waals surface area contributed by atoms with Crippen LogP contribution in [0.3, 0.4) is 0 Å². The monoisotopic (exact) mass is 378 g/mol. The van der Waals surface area contributed by atoms with Crippen molar-refractivity contribution in [2.75, 3.05) is 50.9 Å². The summed E-state index contributed by atoms with van der Waals surface area (Å²) in [7, 11) is 0. The minimum Gasteiger partial charge on any atom is -0.372 e. The maximum atomic E-state index is 13.0. The predicted octanol–water partition coefficient (Wildman–Crippen LogP) is 1.63. The van der Waals surface area contributed by atoms with Gasteiger partial charge in [-0.25, -0.2) is 14.4 Å². The molecule has 3 fully saturated rings. The van der Waals surface area contributed by atoms with E-state index in [1.54, 1.807) is 0 Å². The smallest absolute Gasteiger partial charge is 0.248 e. The number of anilines is 1. The fourth-order valence-electron chi connectivity index (χ4n) is 4.32. The highest BCUT2D eigenvalue weighted by Gasteiger charge is 2.48. The predicted molar refractivity (Wildman–Crippen MR) is 96.9 cm³/mol. The Bertz CT molecular complexity index is 645. The zero-order valence-electron chi connectivity index (χ0n) is 15.6. The minimum atomic E-state index is -0.425. The second-order valence-corrected chi connectivity index (χ2v) is 7.88. The topological polar surface area (TPSA) is 67.8 Å². The third kappa shape index (κ3) is 4.38. The van der Waals surface area contributed by atoms with Gasteiger partial charge in [-0.1, -0.05) is 0 Å². The molecule has 27 heavy (non-hydrogen) atoms. The van der Waals surface area contributed by atoms with Gasteiger partial charge in [0, 0.05) is 26.3 Å². The van der Waals surface area contributed by atoms with Gasteiger partial charge < -0.3 is 19.3 Å². The molecule has 4 rings (SSSR count). The Hall–Kier alpha value is -1.80. The van der Waals surface area contributed by atoms with Crippen LogP contribution in [-0.2, 0) is 14.3 Å². The number of aromatic nitrogens is 2. The molecule has 1 aromatic heterocycles. The molecule has 7 nitrogen and oxygen atoms in total. The van der Waals surface area contributed by atoms with Crippen molar-refractivity contribution in [2.24, 2.45) is 5.92 Å². The Morgan fingerprint density at radius 3 is 2.78 bits per heavy atom. The molecule has 0 aliphatic carbocycles. The summed E-state index contributed by atoms with van der Waals surface area (Å²) in [4.78, 5) is 24.0. The molecule has 0 aromatic carbocycles. The molecular formula is C19H27FN4O3. The molecule has 1 atom stereocenters. The van der Waals surface area contributed by atoms with Crippen molar-refractivity contribution in [3.63, 3.8) is 0 Å². The average Bonchev–Trinajstić information content (AvgIpc) is 3.19. The molecule has 148 valence electrons. The van der Waals surface area contributed by atoms with Gasteiger partial charge in [0.15, 0.2) is 5.82 Å². The van der Waals surface area contributed by atoms with Crippen molar-refractivity contribution in [1.82, 2.24) is 14.9 Å². The zero-order chi connectivity index (χ0) is 18.7. The van der Waals surface area contributed by atoms with Crippen LogP contribution in [-0.4, -0.2) is 72.4 Å². The van der Waals surface area contributed by atoms with Gasteiger partial charge >= 0.3 is 0 Å². The van der Waals surface area contributed by atoms with E-state index < -0.39 is 5.82 Å². The van der Waals surface area contributed by atoms with Crippen LogP contribution >= 0.6 is 0 Å². The second kappa shape index (κ2) is 8.06. The molecular weight excluding hydrogens is 351 g/mol. The summed E-state index contributed by atoms with van der Waals surface area (Å²) in [6, 6.07) is 0. The average molecular weight is 378 g/mol. The van der Waals surface area contributed by atoms with E-state index in [4.69, 9.17) is 9.47 Å². The SMILES string of the molecule is O=C(COCC[C@H]1CCOC2(C1)CN(c1ncc(F)cn1)C2)N1CCCC1. The Kier molecular flexibility index (Phi) is 5.54. The molecule has 0 N–H and O–H groups in total. The minimum absolute atomic E-state index is 0.116. The van der Waals surface area contributed by atoms with Crippen molar-refractivity contribution in [1.29, 1.82) is 0 Å². The molecule has 0 saturated carbocycles. The number of amides is 1. The summed E-state index contributed by atoms with van der Waals surface area (Å²) in [6.45, 7) is 4.79. The highest BCUT2D eigenvalue weighted by molar-refractivity contribution is 5.77. The van der Waals surface area contributed by atoms with Gasteiger partial charge in [0.2, 0.25) is 11.9 Å². The molecule has 0 radical (unpaired) electrons. The fourth-order valence-corrected chi connectivity index (χ4v) is 4.32. The number of likely N-dealkylation sites (tertiary alicyclic amines) is 1. The third-order valence-electron chi connectivity index (χ3n) is 5.80. The highest BCUT2D eigenvalue weighted by Crippen LogP contribution is 2.39. The Morgan fingerprint density at radius 2 is 2.04 bits per heavy atom. The fraction of sp³-hybridized carbons (Fsp3) is 0.737.